The lowest BCUT2D eigenvalue weighted by Crippen LogP contribution is -2.13. The Morgan fingerprint density at radius 3 is 2.68 bits per heavy atom. The van der Waals surface area contributed by atoms with Gasteiger partial charge in [-0.25, -0.2) is 19.6 Å². The van der Waals surface area contributed by atoms with Crippen LogP contribution in [0.4, 0.5) is 5.69 Å². The van der Waals surface area contributed by atoms with Gasteiger partial charge in [0.1, 0.15) is 0 Å². The molecule has 0 saturated carbocycles. The van der Waals surface area contributed by atoms with E-state index < -0.39 is 0 Å². The highest BCUT2D eigenvalue weighted by Gasteiger charge is 2.18. The first-order chi connectivity index (χ1) is 16.4. The zero-order chi connectivity index (χ0) is 23.8. The van der Waals surface area contributed by atoms with E-state index in [1.165, 1.54) is 0 Å². The van der Waals surface area contributed by atoms with Gasteiger partial charge in [-0.05, 0) is 49.6 Å². The lowest BCUT2D eigenvalue weighted by molar-refractivity contribution is -0.116. The van der Waals surface area contributed by atoms with Crippen molar-refractivity contribution in [3.8, 4) is 17.1 Å². The van der Waals surface area contributed by atoms with Gasteiger partial charge in [0.15, 0.2) is 5.65 Å². The van der Waals surface area contributed by atoms with E-state index in [0.29, 0.717) is 24.5 Å². The number of imidazole rings is 1. The summed E-state index contributed by atoms with van der Waals surface area (Å²) in [4.78, 5) is 26.2. The molecule has 0 radical (unpaired) electrons. The number of fused-ring (bicyclic) bond motifs is 2. The van der Waals surface area contributed by atoms with Crippen molar-refractivity contribution in [2.75, 3.05) is 12.4 Å². The van der Waals surface area contributed by atoms with E-state index in [1.54, 1.807) is 18.0 Å². The maximum atomic E-state index is 12.7. The van der Waals surface area contributed by atoms with Gasteiger partial charge < -0.3 is 10.1 Å². The monoisotopic (exact) mass is 455 g/mol. The van der Waals surface area contributed by atoms with Crippen molar-refractivity contribution >= 4 is 28.4 Å². The molecule has 34 heavy (non-hydrogen) atoms. The number of methoxy groups -OCH3 is 1. The molecule has 9 nitrogen and oxygen atoms in total. The number of ether oxygens (including phenoxy) is 1. The lowest BCUT2D eigenvalue weighted by atomic mass is 10.00. The van der Waals surface area contributed by atoms with Gasteiger partial charge in [-0.1, -0.05) is 12.1 Å². The maximum absolute atomic E-state index is 12.7. The molecule has 0 spiro atoms. The molecule has 1 aromatic carbocycles. The number of nitrogens with zero attached hydrogens (tertiary/aromatic N) is 6. The summed E-state index contributed by atoms with van der Waals surface area (Å²) in [5.74, 6) is 1.15. The minimum Gasteiger partial charge on any atom is -0.479 e. The Bertz CT molecular complexity index is 1480. The van der Waals surface area contributed by atoms with E-state index in [9.17, 15) is 4.79 Å². The van der Waals surface area contributed by atoms with Crippen molar-refractivity contribution in [1.29, 1.82) is 0 Å². The molecule has 5 rings (SSSR count). The topological polar surface area (TPSA) is 99.2 Å². The average molecular weight is 456 g/mol. The Morgan fingerprint density at radius 1 is 1.15 bits per heavy atom. The summed E-state index contributed by atoms with van der Waals surface area (Å²) in [6.07, 6.45) is 6.49. The largest absolute Gasteiger partial charge is 0.479 e. The van der Waals surface area contributed by atoms with E-state index in [4.69, 9.17) is 9.72 Å². The number of carbonyl (C=O) groups excluding carboxylic acids is 1. The number of nitrogens with one attached hydrogen (secondary N) is 1. The fourth-order valence-electron chi connectivity index (χ4n) is 4.26. The van der Waals surface area contributed by atoms with Crippen LogP contribution < -0.4 is 10.1 Å². The molecule has 0 unspecified atom stereocenters. The number of carbonyl (C=O) groups is 1. The second kappa shape index (κ2) is 8.58. The molecule has 5 aromatic rings. The first-order valence-electron chi connectivity index (χ1n) is 11.0. The van der Waals surface area contributed by atoms with Crippen LogP contribution in [-0.2, 0) is 18.3 Å². The van der Waals surface area contributed by atoms with Crippen molar-refractivity contribution in [1.82, 2.24) is 29.1 Å². The summed E-state index contributed by atoms with van der Waals surface area (Å²) in [5.41, 5.74) is 6.30. The second-order valence-corrected chi connectivity index (χ2v) is 8.21. The zero-order valence-corrected chi connectivity index (χ0v) is 19.5. The molecular weight excluding hydrogens is 430 g/mol. The highest BCUT2D eigenvalue weighted by atomic mass is 16.5. The van der Waals surface area contributed by atoms with Crippen LogP contribution in [0.15, 0.2) is 48.9 Å². The summed E-state index contributed by atoms with van der Waals surface area (Å²) < 4.78 is 9.02. The Morgan fingerprint density at radius 2 is 1.94 bits per heavy atom. The van der Waals surface area contributed by atoms with Crippen molar-refractivity contribution in [2.45, 2.75) is 26.7 Å². The molecule has 9 heteroatoms. The number of anilines is 1. The van der Waals surface area contributed by atoms with Crippen LogP contribution in [-0.4, -0.2) is 42.2 Å². The van der Waals surface area contributed by atoms with Gasteiger partial charge in [-0.2, -0.15) is 0 Å². The van der Waals surface area contributed by atoms with E-state index >= 15 is 0 Å². The third-order valence-corrected chi connectivity index (χ3v) is 6.02. The van der Waals surface area contributed by atoms with Crippen molar-refractivity contribution in [3.05, 3.63) is 65.7 Å². The number of amides is 1. The van der Waals surface area contributed by atoms with Gasteiger partial charge in [0.25, 0.3) is 0 Å². The number of hydrogen-bond donors (Lipinski definition) is 1. The maximum Gasteiger partial charge on any atom is 0.242 e. The van der Waals surface area contributed by atoms with Crippen LogP contribution in [0, 0.1) is 13.8 Å². The summed E-state index contributed by atoms with van der Waals surface area (Å²) in [5, 5.41) is 8.26. The molecular formula is C25H25N7O2. The molecule has 4 heterocycles. The molecule has 4 aromatic heterocycles. The van der Waals surface area contributed by atoms with Crippen LogP contribution in [0.3, 0.4) is 0 Å². The van der Waals surface area contributed by atoms with Crippen LogP contribution in [0.2, 0.25) is 0 Å². The molecule has 0 fully saturated rings. The minimum atomic E-state index is -0.0540. The minimum absolute atomic E-state index is 0.0540. The average Bonchev–Trinajstić information content (AvgIpc) is 3.40. The van der Waals surface area contributed by atoms with Crippen molar-refractivity contribution in [2.24, 2.45) is 7.05 Å². The first kappa shape index (κ1) is 21.6. The number of benzene rings is 1. The fraction of sp³-hybridized carbons (Fsp3) is 0.240. The number of rotatable bonds is 6. The number of pyridine rings is 1. The molecule has 1 amide bonds. The number of hydrogen-bond acceptors (Lipinski definition) is 6. The predicted molar refractivity (Wildman–Crippen MR) is 130 cm³/mol. The van der Waals surface area contributed by atoms with E-state index in [2.05, 4.69) is 20.4 Å². The van der Waals surface area contributed by atoms with Gasteiger partial charge in [-0.3, -0.25) is 9.20 Å². The SMILES string of the molecule is COc1nn(C)c2nc(C)c(CCC(=O)Nc3ccc(-c4cn5cccnc5n4)cc3)c(C)c12. The Kier molecular flexibility index (Phi) is 5.45. The standard InChI is InChI=1S/C25H25N7O2/c1-15-19(16(2)27-23-22(15)24(34-4)30-31(23)3)10-11-21(33)28-18-8-6-17(7-9-18)20-14-32-13-5-12-26-25(32)29-20/h5-9,12-14H,10-11H2,1-4H3,(H,28,33). The predicted octanol–water partition coefficient (Wildman–Crippen LogP) is 3.87. The molecule has 0 aliphatic carbocycles. The summed E-state index contributed by atoms with van der Waals surface area (Å²) in [6.45, 7) is 3.99. The van der Waals surface area contributed by atoms with Gasteiger partial charge in [0.2, 0.25) is 17.6 Å². The van der Waals surface area contributed by atoms with E-state index in [1.807, 2.05) is 68.0 Å². The van der Waals surface area contributed by atoms with Gasteiger partial charge >= 0.3 is 0 Å². The summed E-state index contributed by atoms with van der Waals surface area (Å²) in [6, 6.07) is 9.52. The molecule has 0 aliphatic rings. The smallest absolute Gasteiger partial charge is 0.242 e. The quantitative estimate of drug-likeness (QED) is 0.417. The molecule has 0 saturated heterocycles. The Balaban J connectivity index is 1.28. The molecule has 172 valence electrons. The van der Waals surface area contributed by atoms with Crippen molar-refractivity contribution in [3.63, 3.8) is 0 Å². The number of aryl methyl sites for hydroxylation is 3. The molecule has 1 N–H and O–H groups in total. The van der Waals surface area contributed by atoms with E-state index in [0.717, 1.165) is 44.8 Å². The normalized spacial score (nSPS) is 11.3. The highest BCUT2D eigenvalue weighted by molar-refractivity contribution is 5.91. The molecule has 0 atom stereocenters. The lowest BCUT2D eigenvalue weighted by Gasteiger charge is -2.11. The van der Waals surface area contributed by atoms with E-state index in [-0.39, 0.29) is 5.91 Å². The summed E-state index contributed by atoms with van der Waals surface area (Å²) >= 11 is 0. The third-order valence-electron chi connectivity index (χ3n) is 6.02. The van der Waals surface area contributed by atoms with Gasteiger partial charge in [0, 0.05) is 49.0 Å². The van der Waals surface area contributed by atoms with Crippen LogP contribution >= 0.6 is 0 Å². The molecule has 0 bridgehead atoms. The number of aromatic nitrogens is 6. The second-order valence-electron chi connectivity index (χ2n) is 8.21. The molecule has 0 aliphatic heterocycles. The first-order valence-corrected chi connectivity index (χ1v) is 11.0. The Hall–Kier alpha value is -4.27. The fourth-order valence-corrected chi connectivity index (χ4v) is 4.26. The summed E-state index contributed by atoms with van der Waals surface area (Å²) in [7, 11) is 3.45. The van der Waals surface area contributed by atoms with Crippen LogP contribution in [0.5, 0.6) is 5.88 Å². The highest BCUT2D eigenvalue weighted by Crippen LogP contribution is 2.30. The van der Waals surface area contributed by atoms with Crippen molar-refractivity contribution < 1.29 is 9.53 Å². The van der Waals surface area contributed by atoms with Gasteiger partial charge in [-0.15, -0.1) is 5.10 Å². The van der Waals surface area contributed by atoms with Crippen LogP contribution in [0.1, 0.15) is 23.2 Å². The Labute approximate surface area is 196 Å². The zero-order valence-electron chi connectivity index (χ0n) is 19.5. The van der Waals surface area contributed by atoms with Gasteiger partial charge in [0.05, 0.1) is 18.2 Å². The van der Waals surface area contributed by atoms with Crippen LogP contribution in [0.25, 0.3) is 28.1 Å². The third kappa shape index (κ3) is 3.85.